The highest BCUT2D eigenvalue weighted by atomic mass is 35.5. The van der Waals surface area contributed by atoms with Crippen LogP contribution in [-0.4, -0.2) is 27.2 Å². The van der Waals surface area contributed by atoms with Crippen LogP contribution in [0.4, 0.5) is 5.82 Å². The lowest BCUT2D eigenvalue weighted by Crippen LogP contribution is -2.33. The first-order valence-electron chi connectivity index (χ1n) is 10.1. The second-order valence-corrected chi connectivity index (χ2v) is 8.78. The number of hydrogen-bond acceptors (Lipinski definition) is 6. The number of phenolic OH excluding ortho intramolecular Hbond substituents is 1. The van der Waals surface area contributed by atoms with E-state index in [1.165, 1.54) is 17.8 Å². The SMILES string of the molecule is CCOc1cc([C@H]2CC(=O)Nc3c2c(=O)nc(SCc2cccc(Cl)c2)n3C)ccc1O. The number of amides is 1. The summed E-state index contributed by atoms with van der Waals surface area (Å²) in [6.07, 6.45) is 0.106. The van der Waals surface area contributed by atoms with Gasteiger partial charge in [0.1, 0.15) is 5.82 Å². The van der Waals surface area contributed by atoms with Gasteiger partial charge in [-0.1, -0.05) is 41.6 Å². The van der Waals surface area contributed by atoms with Crippen molar-refractivity contribution in [3.63, 3.8) is 0 Å². The summed E-state index contributed by atoms with van der Waals surface area (Å²) in [5, 5.41) is 14.0. The second kappa shape index (κ2) is 9.26. The maximum absolute atomic E-state index is 13.1. The quantitative estimate of drug-likeness (QED) is 0.411. The number of rotatable bonds is 6. The number of benzene rings is 2. The zero-order valence-electron chi connectivity index (χ0n) is 17.6. The van der Waals surface area contributed by atoms with Crippen LogP contribution in [0, 0.1) is 0 Å². The van der Waals surface area contributed by atoms with Crippen molar-refractivity contribution in [3.8, 4) is 11.5 Å². The van der Waals surface area contributed by atoms with E-state index in [2.05, 4.69) is 10.3 Å². The number of ether oxygens (including phenoxy) is 1. The minimum atomic E-state index is -0.489. The molecule has 9 heteroatoms. The molecular weight excluding hydrogens is 450 g/mol. The number of aromatic hydroxyl groups is 1. The minimum Gasteiger partial charge on any atom is -0.504 e. The lowest BCUT2D eigenvalue weighted by molar-refractivity contribution is -0.116. The van der Waals surface area contributed by atoms with Gasteiger partial charge in [-0.05, 0) is 42.3 Å². The molecule has 0 fully saturated rings. The van der Waals surface area contributed by atoms with Crippen molar-refractivity contribution < 1.29 is 14.6 Å². The van der Waals surface area contributed by atoms with Crippen molar-refractivity contribution >= 4 is 35.1 Å². The smallest absolute Gasteiger partial charge is 0.279 e. The highest BCUT2D eigenvalue weighted by Crippen LogP contribution is 2.39. The van der Waals surface area contributed by atoms with Gasteiger partial charge >= 0.3 is 0 Å². The summed E-state index contributed by atoms with van der Waals surface area (Å²) in [6, 6.07) is 12.4. The van der Waals surface area contributed by atoms with E-state index in [9.17, 15) is 14.7 Å². The fourth-order valence-corrected chi connectivity index (χ4v) is 4.86. The van der Waals surface area contributed by atoms with Crippen molar-refractivity contribution in [3.05, 3.63) is 74.5 Å². The van der Waals surface area contributed by atoms with Crippen LogP contribution in [0.2, 0.25) is 5.02 Å². The number of fused-ring (bicyclic) bond motifs is 1. The maximum atomic E-state index is 13.1. The monoisotopic (exact) mass is 471 g/mol. The van der Waals surface area contributed by atoms with E-state index in [1.807, 2.05) is 25.1 Å². The molecule has 32 heavy (non-hydrogen) atoms. The van der Waals surface area contributed by atoms with Crippen LogP contribution in [0.3, 0.4) is 0 Å². The fraction of sp³-hybridized carbons (Fsp3) is 0.261. The third-order valence-corrected chi connectivity index (χ3v) is 6.58. The third kappa shape index (κ3) is 4.47. The molecule has 1 aliphatic heterocycles. The molecular formula is C23H22ClN3O4S. The van der Waals surface area contributed by atoms with Crippen LogP contribution in [0.15, 0.2) is 52.4 Å². The van der Waals surface area contributed by atoms with Crippen LogP contribution >= 0.6 is 23.4 Å². The van der Waals surface area contributed by atoms with Gasteiger partial charge < -0.3 is 19.7 Å². The molecule has 1 aliphatic rings. The van der Waals surface area contributed by atoms with E-state index >= 15 is 0 Å². The van der Waals surface area contributed by atoms with Crippen molar-refractivity contribution in [2.75, 3.05) is 11.9 Å². The summed E-state index contributed by atoms with van der Waals surface area (Å²) in [4.78, 5) is 29.9. The van der Waals surface area contributed by atoms with Gasteiger partial charge in [0.05, 0.1) is 12.2 Å². The van der Waals surface area contributed by atoms with E-state index in [-0.39, 0.29) is 23.6 Å². The number of halogens is 1. The van der Waals surface area contributed by atoms with Crippen molar-refractivity contribution in [1.82, 2.24) is 9.55 Å². The zero-order chi connectivity index (χ0) is 22.8. The van der Waals surface area contributed by atoms with E-state index in [0.29, 0.717) is 45.2 Å². The molecule has 0 bridgehead atoms. The molecule has 0 spiro atoms. The van der Waals surface area contributed by atoms with E-state index < -0.39 is 5.92 Å². The Labute approximate surface area is 194 Å². The van der Waals surface area contributed by atoms with Crippen molar-refractivity contribution in [1.29, 1.82) is 0 Å². The molecule has 3 aromatic rings. The molecule has 4 rings (SSSR count). The predicted octanol–water partition coefficient (Wildman–Crippen LogP) is 4.30. The van der Waals surface area contributed by atoms with Gasteiger partial charge in [-0.25, -0.2) is 0 Å². The first-order chi connectivity index (χ1) is 15.4. The summed E-state index contributed by atoms with van der Waals surface area (Å²) in [6.45, 7) is 2.20. The number of nitrogens with zero attached hydrogens (tertiary/aromatic N) is 2. The molecule has 2 heterocycles. The van der Waals surface area contributed by atoms with E-state index in [1.54, 1.807) is 29.8 Å². The predicted molar refractivity (Wildman–Crippen MR) is 125 cm³/mol. The summed E-state index contributed by atoms with van der Waals surface area (Å²) in [5.74, 6) is 0.654. The minimum absolute atomic E-state index is 0.00914. The Hall–Kier alpha value is -2.97. The molecule has 0 aliphatic carbocycles. The van der Waals surface area contributed by atoms with E-state index in [4.69, 9.17) is 16.3 Å². The van der Waals surface area contributed by atoms with Gasteiger partial charge in [-0.3, -0.25) is 9.59 Å². The van der Waals surface area contributed by atoms with Gasteiger partial charge in [0.2, 0.25) is 5.91 Å². The molecule has 0 radical (unpaired) electrons. The molecule has 7 nitrogen and oxygen atoms in total. The highest BCUT2D eigenvalue weighted by molar-refractivity contribution is 7.98. The van der Waals surface area contributed by atoms with Gasteiger partial charge in [-0.2, -0.15) is 4.98 Å². The van der Waals surface area contributed by atoms with Crippen LogP contribution in [-0.2, 0) is 17.6 Å². The van der Waals surface area contributed by atoms with Crippen LogP contribution in [0.25, 0.3) is 0 Å². The Morgan fingerprint density at radius 2 is 2.09 bits per heavy atom. The molecule has 166 valence electrons. The van der Waals surface area contributed by atoms with E-state index in [0.717, 1.165) is 5.56 Å². The highest BCUT2D eigenvalue weighted by Gasteiger charge is 2.32. The summed E-state index contributed by atoms with van der Waals surface area (Å²) < 4.78 is 7.21. The molecule has 0 saturated carbocycles. The first-order valence-corrected chi connectivity index (χ1v) is 11.5. The third-order valence-electron chi connectivity index (χ3n) is 5.24. The average molecular weight is 472 g/mol. The fourth-order valence-electron chi connectivity index (χ4n) is 3.74. The van der Waals surface area contributed by atoms with Gasteiger partial charge in [0.25, 0.3) is 5.56 Å². The first kappa shape index (κ1) is 22.2. The number of phenols is 1. The van der Waals surface area contributed by atoms with Crippen LogP contribution < -0.4 is 15.6 Å². The zero-order valence-corrected chi connectivity index (χ0v) is 19.2. The number of thioether (sulfide) groups is 1. The Kier molecular flexibility index (Phi) is 6.43. The topological polar surface area (TPSA) is 93.5 Å². The molecule has 0 unspecified atom stereocenters. The van der Waals surface area contributed by atoms with Gasteiger partial charge in [0.15, 0.2) is 16.7 Å². The number of anilines is 1. The number of hydrogen-bond donors (Lipinski definition) is 2. The molecule has 0 saturated heterocycles. The van der Waals surface area contributed by atoms with Crippen molar-refractivity contribution in [2.24, 2.45) is 7.05 Å². The standard InChI is InChI=1S/C23H22ClN3O4S/c1-3-31-18-10-14(7-8-17(18)28)16-11-19(29)25-21-20(16)22(30)26-23(27(21)2)32-12-13-5-4-6-15(24)9-13/h4-10,16,28H,3,11-12H2,1-2H3,(H,25,29)/t16-/m1/s1. The summed E-state index contributed by atoms with van der Waals surface area (Å²) >= 11 is 7.45. The number of carbonyl (C=O) groups excluding carboxylic acids is 1. The van der Waals surface area contributed by atoms with Crippen LogP contribution in [0.5, 0.6) is 11.5 Å². The molecule has 2 aromatic carbocycles. The normalized spacial score (nSPS) is 15.2. The molecule has 1 aromatic heterocycles. The lowest BCUT2D eigenvalue weighted by Gasteiger charge is -2.27. The Morgan fingerprint density at radius 1 is 1.28 bits per heavy atom. The van der Waals surface area contributed by atoms with Crippen molar-refractivity contribution in [2.45, 2.75) is 30.2 Å². The van der Waals surface area contributed by atoms with Crippen LogP contribution in [0.1, 0.15) is 36.0 Å². The second-order valence-electron chi connectivity index (χ2n) is 7.40. The molecule has 1 atom stereocenters. The lowest BCUT2D eigenvalue weighted by atomic mass is 9.86. The summed E-state index contributed by atoms with van der Waals surface area (Å²) in [5.41, 5.74) is 1.75. The number of aromatic nitrogens is 2. The Balaban J connectivity index is 1.71. The maximum Gasteiger partial charge on any atom is 0.279 e. The average Bonchev–Trinajstić information content (AvgIpc) is 2.76. The Morgan fingerprint density at radius 3 is 2.84 bits per heavy atom. The Bertz CT molecular complexity index is 1240. The number of carbonyl (C=O) groups is 1. The summed E-state index contributed by atoms with van der Waals surface area (Å²) in [7, 11) is 1.77. The van der Waals surface area contributed by atoms with Gasteiger partial charge in [-0.15, -0.1) is 0 Å². The van der Waals surface area contributed by atoms with Gasteiger partial charge in [0, 0.05) is 30.2 Å². The molecule has 2 N–H and O–H groups in total. The largest absolute Gasteiger partial charge is 0.504 e. The number of nitrogens with one attached hydrogen (secondary N) is 1. The molecule has 1 amide bonds.